The van der Waals surface area contributed by atoms with Crippen molar-refractivity contribution in [1.29, 1.82) is 0 Å². The zero-order valence-corrected chi connectivity index (χ0v) is 11.7. The average Bonchev–Trinajstić information content (AvgIpc) is 2.82. The Morgan fingerprint density at radius 1 is 1.35 bits per heavy atom. The number of alkyl halides is 2. The molecule has 0 unspecified atom stereocenters. The maximum Gasteiger partial charge on any atom is 0.267 e. The van der Waals surface area contributed by atoms with E-state index in [0.29, 0.717) is 5.69 Å². The van der Waals surface area contributed by atoms with Crippen molar-refractivity contribution in [3.05, 3.63) is 27.0 Å². The van der Waals surface area contributed by atoms with E-state index in [1.165, 1.54) is 17.5 Å². The van der Waals surface area contributed by atoms with Crippen LogP contribution in [0.2, 0.25) is 0 Å². The average molecular weight is 321 g/mol. The van der Waals surface area contributed by atoms with Gasteiger partial charge in [-0.2, -0.15) is 16.4 Å². The van der Waals surface area contributed by atoms with Gasteiger partial charge < -0.3 is 0 Å². The lowest BCUT2D eigenvalue weighted by Gasteiger charge is -2.03. The van der Waals surface area contributed by atoms with Gasteiger partial charge in [0, 0.05) is 33.0 Å². The van der Waals surface area contributed by atoms with Gasteiger partial charge in [-0.05, 0) is 29.8 Å². The second kappa shape index (κ2) is 4.86. The van der Waals surface area contributed by atoms with E-state index in [2.05, 4.69) is 21.0 Å². The first kappa shape index (κ1) is 12.7. The second-order valence-electron chi connectivity index (χ2n) is 3.94. The monoisotopic (exact) mass is 320 g/mol. The maximum absolute atomic E-state index is 13.0. The Balaban J connectivity index is 2.56. The van der Waals surface area contributed by atoms with Crippen LogP contribution >= 0.6 is 27.3 Å². The lowest BCUT2D eigenvalue weighted by molar-refractivity contribution is 0.152. The number of thiophene rings is 1. The molecule has 0 aliphatic heterocycles. The lowest BCUT2D eigenvalue weighted by atomic mass is 10.1. The van der Waals surface area contributed by atoms with Gasteiger partial charge in [-0.3, -0.25) is 4.68 Å². The fraction of sp³-hybridized carbons (Fsp3) is 0.364. The molecule has 17 heavy (non-hydrogen) atoms. The van der Waals surface area contributed by atoms with E-state index in [9.17, 15) is 8.78 Å². The van der Waals surface area contributed by atoms with E-state index in [-0.39, 0.29) is 11.6 Å². The van der Waals surface area contributed by atoms with E-state index in [0.717, 1.165) is 10.0 Å². The summed E-state index contributed by atoms with van der Waals surface area (Å²) in [4.78, 5) is 0. The van der Waals surface area contributed by atoms with Gasteiger partial charge in [0.25, 0.3) is 6.43 Å². The molecule has 0 spiro atoms. The molecule has 6 heteroatoms. The normalized spacial score (nSPS) is 11.7. The van der Waals surface area contributed by atoms with Crippen LogP contribution in [0.25, 0.3) is 11.3 Å². The van der Waals surface area contributed by atoms with Crippen LogP contribution in [0.15, 0.2) is 21.4 Å². The van der Waals surface area contributed by atoms with Gasteiger partial charge in [0.2, 0.25) is 0 Å². The maximum atomic E-state index is 13.0. The van der Waals surface area contributed by atoms with Crippen molar-refractivity contribution in [2.24, 2.45) is 0 Å². The van der Waals surface area contributed by atoms with E-state index in [4.69, 9.17) is 0 Å². The van der Waals surface area contributed by atoms with Crippen LogP contribution in [0.5, 0.6) is 0 Å². The summed E-state index contributed by atoms with van der Waals surface area (Å²) in [5.41, 5.74) is 1.07. The van der Waals surface area contributed by atoms with Crippen LogP contribution in [0.3, 0.4) is 0 Å². The van der Waals surface area contributed by atoms with Crippen molar-refractivity contribution in [3.63, 3.8) is 0 Å². The van der Waals surface area contributed by atoms with Gasteiger partial charge in [0.05, 0.1) is 5.56 Å². The molecule has 2 heterocycles. The molecule has 2 aromatic rings. The Bertz CT molecular complexity index is 519. The summed E-state index contributed by atoms with van der Waals surface area (Å²) >= 11 is 4.81. The molecular weight excluding hydrogens is 310 g/mol. The van der Waals surface area contributed by atoms with E-state index in [1.54, 1.807) is 4.68 Å². The third kappa shape index (κ3) is 2.42. The molecule has 0 bridgehead atoms. The quantitative estimate of drug-likeness (QED) is 0.787. The highest BCUT2D eigenvalue weighted by atomic mass is 79.9. The van der Waals surface area contributed by atoms with Crippen LogP contribution in [0.4, 0.5) is 8.78 Å². The predicted octanol–water partition coefficient (Wildman–Crippen LogP) is 4.89. The molecule has 2 nitrogen and oxygen atoms in total. The number of hydrogen-bond donors (Lipinski definition) is 0. The summed E-state index contributed by atoms with van der Waals surface area (Å²) in [6, 6.07) is 0.0682. The van der Waals surface area contributed by atoms with Crippen LogP contribution in [-0.4, -0.2) is 9.78 Å². The minimum absolute atomic E-state index is 0.0159. The number of hydrogen-bond acceptors (Lipinski definition) is 2. The Kier molecular flexibility index (Phi) is 3.63. The molecule has 0 aliphatic carbocycles. The third-order valence-electron chi connectivity index (χ3n) is 2.39. The lowest BCUT2D eigenvalue weighted by Crippen LogP contribution is -2.00. The van der Waals surface area contributed by atoms with Gasteiger partial charge in [-0.15, -0.1) is 0 Å². The third-order valence-corrected chi connectivity index (χ3v) is 4.10. The first-order valence-corrected chi connectivity index (χ1v) is 6.83. The van der Waals surface area contributed by atoms with Gasteiger partial charge in [-0.1, -0.05) is 0 Å². The molecule has 2 rings (SSSR count). The Morgan fingerprint density at radius 3 is 2.53 bits per heavy atom. The van der Waals surface area contributed by atoms with Crippen molar-refractivity contribution >= 4 is 27.3 Å². The Hall–Kier alpha value is -0.750. The number of nitrogens with zero attached hydrogens (tertiary/aromatic N) is 2. The molecule has 0 atom stereocenters. The number of rotatable bonds is 3. The molecule has 0 aliphatic rings. The fourth-order valence-electron chi connectivity index (χ4n) is 1.49. The molecule has 0 fully saturated rings. The summed E-state index contributed by atoms with van der Waals surface area (Å²) in [5, 5.41) is 7.93. The summed E-state index contributed by atoms with van der Waals surface area (Å²) < 4.78 is 28.3. The molecule has 0 aromatic carbocycles. The highest BCUT2D eigenvalue weighted by Gasteiger charge is 2.21. The Morgan fingerprint density at radius 2 is 2.06 bits per heavy atom. The summed E-state index contributed by atoms with van der Waals surface area (Å²) in [6.07, 6.45) is -1.08. The highest BCUT2D eigenvalue weighted by molar-refractivity contribution is 9.10. The second-order valence-corrected chi connectivity index (χ2v) is 5.54. The predicted molar refractivity (Wildman–Crippen MR) is 68.6 cm³/mol. The summed E-state index contributed by atoms with van der Waals surface area (Å²) in [6.45, 7) is 3.82. The number of halogens is 3. The standard InChI is InChI=1S/C11H11BrF2N2S/c1-6(2)16-3-7(11(13)14)10(15-16)8-4-17-5-9(8)12/h3-6,11H,1-2H3. The zero-order valence-electron chi connectivity index (χ0n) is 9.32. The minimum Gasteiger partial charge on any atom is -0.269 e. The largest absolute Gasteiger partial charge is 0.269 e. The summed E-state index contributed by atoms with van der Waals surface area (Å²) in [5.74, 6) is 0. The molecule has 0 saturated heterocycles. The van der Waals surface area contributed by atoms with Gasteiger partial charge in [0.1, 0.15) is 5.69 Å². The molecule has 2 aromatic heterocycles. The van der Waals surface area contributed by atoms with Crippen molar-refractivity contribution in [1.82, 2.24) is 9.78 Å². The van der Waals surface area contributed by atoms with Crippen molar-refractivity contribution in [2.45, 2.75) is 26.3 Å². The topological polar surface area (TPSA) is 17.8 Å². The minimum atomic E-state index is -2.51. The van der Waals surface area contributed by atoms with Crippen LogP contribution in [-0.2, 0) is 0 Å². The van der Waals surface area contributed by atoms with E-state index >= 15 is 0 Å². The van der Waals surface area contributed by atoms with Crippen molar-refractivity contribution < 1.29 is 8.78 Å². The first-order chi connectivity index (χ1) is 8.00. The highest BCUT2D eigenvalue weighted by Crippen LogP contribution is 2.36. The number of aromatic nitrogens is 2. The van der Waals surface area contributed by atoms with Crippen LogP contribution < -0.4 is 0 Å². The molecule has 92 valence electrons. The van der Waals surface area contributed by atoms with E-state index < -0.39 is 6.43 Å². The van der Waals surface area contributed by atoms with Crippen LogP contribution in [0.1, 0.15) is 31.9 Å². The van der Waals surface area contributed by atoms with Crippen molar-refractivity contribution in [2.75, 3.05) is 0 Å². The van der Waals surface area contributed by atoms with Crippen molar-refractivity contribution in [3.8, 4) is 11.3 Å². The smallest absolute Gasteiger partial charge is 0.267 e. The molecule has 0 amide bonds. The van der Waals surface area contributed by atoms with Gasteiger partial charge in [0.15, 0.2) is 0 Å². The summed E-state index contributed by atoms with van der Waals surface area (Å²) in [7, 11) is 0. The first-order valence-electron chi connectivity index (χ1n) is 5.10. The zero-order chi connectivity index (χ0) is 12.6. The van der Waals surface area contributed by atoms with Gasteiger partial charge >= 0.3 is 0 Å². The van der Waals surface area contributed by atoms with E-state index in [1.807, 2.05) is 24.6 Å². The molecule has 0 radical (unpaired) electrons. The Labute approximate surface area is 110 Å². The SMILES string of the molecule is CC(C)n1cc(C(F)F)c(-c2cscc2Br)n1. The molecule has 0 saturated carbocycles. The van der Waals surface area contributed by atoms with Crippen LogP contribution in [0, 0.1) is 0 Å². The fourth-order valence-corrected chi connectivity index (χ4v) is 2.96. The van der Waals surface area contributed by atoms with Gasteiger partial charge in [-0.25, -0.2) is 8.78 Å². The molecule has 0 N–H and O–H groups in total. The molecular formula is C11H11BrF2N2S.